The van der Waals surface area contributed by atoms with Gasteiger partial charge in [-0.3, -0.25) is 14.4 Å². The zero-order chi connectivity index (χ0) is 28.2. The number of hydrogen-bond acceptors (Lipinski definition) is 7. The summed E-state index contributed by atoms with van der Waals surface area (Å²) in [5.41, 5.74) is 5.09. The number of carbonyl (C=O) groups excluding carboxylic acids is 3. The van der Waals surface area contributed by atoms with E-state index >= 15 is 0 Å². The molecule has 0 amide bonds. The van der Waals surface area contributed by atoms with E-state index in [-0.39, 0.29) is 42.8 Å². The standard InChI is InChI=1S/C32H42O7/c1-4-5-16-37-17-6-8-31(35)24-10-12-26-27-13-11-25(32(36)9-7-18-38-22(2)14-15-33)20-29(27)30(28(26)19-24)21-39-23(3)34/h10-13,19-20,22,30,33H,4-9,14-18,21H2,1-3H3. The van der Waals surface area contributed by atoms with Gasteiger partial charge in [0.15, 0.2) is 11.6 Å². The molecule has 0 saturated carbocycles. The Morgan fingerprint density at radius 3 is 1.97 bits per heavy atom. The monoisotopic (exact) mass is 538 g/mol. The third-order valence-electron chi connectivity index (χ3n) is 7.06. The summed E-state index contributed by atoms with van der Waals surface area (Å²) in [7, 11) is 0. The number of carbonyl (C=O) groups is 3. The van der Waals surface area contributed by atoms with Crippen molar-refractivity contribution in [3.8, 4) is 11.1 Å². The molecule has 0 aliphatic heterocycles. The van der Waals surface area contributed by atoms with Gasteiger partial charge in [-0.2, -0.15) is 0 Å². The number of rotatable bonds is 18. The van der Waals surface area contributed by atoms with E-state index in [9.17, 15) is 14.4 Å². The van der Waals surface area contributed by atoms with Crippen molar-refractivity contribution in [2.75, 3.05) is 33.0 Å². The lowest BCUT2D eigenvalue weighted by atomic mass is 9.93. The van der Waals surface area contributed by atoms with Gasteiger partial charge in [0.25, 0.3) is 0 Å². The lowest BCUT2D eigenvalue weighted by Gasteiger charge is -2.15. The molecule has 2 atom stereocenters. The Balaban J connectivity index is 1.71. The quantitative estimate of drug-likeness (QED) is 0.143. The maximum absolute atomic E-state index is 13.0. The van der Waals surface area contributed by atoms with E-state index in [4.69, 9.17) is 19.3 Å². The highest BCUT2D eigenvalue weighted by Crippen LogP contribution is 2.46. The number of fused-ring (bicyclic) bond motifs is 3. The molecule has 3 rings (SSSR count). The lowest BCUT2D eigenvalue weighted by molar-refractivity contribution is -0.141. The van der Waals surface area contributed by atoms with Crippen molar-refractivity contribution in [3.63, 3.8) is 0 Å². The number of ether oxygens (including phenoxy) is 3. The van der Waals surface area contributed by atoms with Crippen molar-refractivity contribution in [2.24, 2.45) is 0 Å². The summed E-state index contributed by atoms with van der Waals surface area (Å²) in [6.07, 6.45) is 4.67. The molecule has 1 aliphatic rings. The SMILES string of the molecule is CCCCOCCCC(=O)c1ccc2c(c1)C(COC(C)=O)c1cc(C(=O)CCCOC(C)CCO)ccc1-2. The van der Waals surface area contributed by atoms with Gasteiger partial charge >= 0.3 is 5.97 Å². The van der Waals surface area contributed by atoms with E-state index in [1.165, 1.54) is 6.92 Å². The number of esters is 1. The highest BCUT2D eigenvalue weighted by atomic mass is 16.5. The van der Waals surface area contributed by atoms with E-state index in [1.54, 1.807) is 0 Å². The topological polar surface area (TPSA) is 99.1 Å². The van der Waals surface area contributed by atoms with E-state index < -0.39 is 0 Å². The third kappa shape index (κ3) is 8.82. The van der Waals surface area contributed by atoms with Crippen molar-refractivity contribution in [1.29, 1.82) is 0 Å². The van der Waals surface area contributed by atoms with Crippen LogP contribution in [0.3, 0.4) is 0 Å². The molecule has 0 saturated heterocycles. The van der Waals surface area contributed by atoms with Gasteiger partial charge in [-0.25, -0.2) is 0 Å². The van der Waals surface area contributed by atoms with Crippen molar-refractivity contribution >= 4 is 17.5 Å². The van der Waals surface area contributed by atoms with Crippen LogP contribution in [0.2, 0.25) is 0 Å². The molecule has 2 aromatic rings. The first-order valence-corrected chi connectivity index (χ1v) is 14.1. The average Bonchev–Trinajstić information content (AvgIpc) is 3.23. The van der Waals surface area contributed by atoms with Crippen LogP contribution in [0, 0.1) is 0 Å². The predicted octanol–water partition coefficient (Wildman–Crippen LogP) is 5.89. The first kappa shape index (κ1) is 30.7. The van der Waals surface area contributed by atoms with Crippen LogP contribution >= 0.6 is 0 Å². The minimum Gasteiger partial charge on any atom is -0.465 e. The third-order valence-corrected chi connectivity index (χ3v) is 7.06. The molecule has 7 heteroatoms. The summed E-state index contributed by atoms with van der Waals surface area (Å²) in [6, 6.07) is 11.4. The van der Waals surface area contributed by atoms with Gasteiger partial charge in [-0.1, -0.05) is 37.6 Å². The Kier molecular flexibility index (Phi) is 12.3. The van der Waals surface area contributed by atoms with E-state index in [1.807, 2.05) is 43.3 Å². The van der Waals surface area contributed by atoms with E-state index in [2.05, 4.69) is 6.92 Å². The minimum atomic E-state index is -0.372. The zero-order valence-electron chi connectivity index (χ0n) is 23.5. The Labute approximate surface area is 231 Å². The van der Waals surface area contributed by atoms with Crippen molar-refractivity contribution in [1.82, 2.24) is 0 Å². The number of ketones is 2. The molecular formula is C32H42O7. The summed E-state index contributed by atoms with van der Waals surface area (Å²) in [5, 5.41) is 8.99. The fourth-order valence-electron chi connectivity index (χ4n) is 4.84. The molecular weight excluding hydrogens is 496 g/mol. The van der Waals surface area contributed by atoms with Crippen LogP contribution in [-0.2, 0) is 19.0 Å². The Hall–Kier alpha value is -2.87. The van der Waals surface area contributed by atoms with Gasteiger partial charge in [0.1, 0.15) is 6.61 Å². The Morgan fingerprint density at radius 2 is 1.44 bits per heavy atom. The van der Waals surface area contributed by atoms with Crippen molar-refractivity contribution < 1.29 is 33.7 Å². The van der Waals surface area contributed by atoms with Crippen molar-refractivity contribution in [2.45, 2.75) is 77.7 Å². The first-order chi connectivity index (χ1) is 18.8. The molecule has 0 heterocycles. The fourth-order valence-corrected chi connectivity index (χ4v) is 4.84. The summed E-state index contributed by atoms with van der Waals surface area (Å²) < 4.78 is 16.6. The summed E-state index contributed by atoms with van der Waals surface area (Å²) in [6.45, 7) is 7.38. The molecule has 1 aliphatic carbocycles. The lowest BCUT2D eigenvalue weighted by Crippen LogP contribution is -2.12. The van der Waals surface area contributed by atoms with Crippen LogP contribution in [-0.4, -0.2) is 61.8 Å². The second-order valence-electron chi connectivity index (χ2n) is 10.2. The molecule has 7 nitrogen and oxygen atoms in total. The first-order valence-electron chi connectivity index (χ1n) is 14.1. The maximum atomic E-state index is 13.0. The average molecular weight is 539 g/mol. The normalized spacial score (nSPS) is 14.5. The number of aliphatic hydroxyl groups is 1. The molecule has 39 heavy (non-hydrogen) atoms. The minimum absolute atomic E-state index is 0.0235. The molecule has 0 aromatic heterocycles. The molecule has 0 fully saturated rings. The number of Topliss-reactive ketones (excluding diaryl/α,β-unsaturated/α-hetero) is 2. The van der Waals surface area contributed by atoms with Crippen LogP contribution in [0.25, 0.3) is 11.1 Å². The van der Waals surface area contributed by atoms with Crippen LogP contribution in [0.15, 0.2) is 36.4 Å². The predicted molar refractivity (Wildman–Crippen MR) is 150 cm³/mol. The fraction of sp³-hybridized carbons (Fsp3) is 0.531. The zero-order valence-corrected chi connectivity index (χ0v) is 23.5. The van der Waals surface area contributed by atoms with E-state index in [0.29, 0.717) is 56.4 Å². The van der Waals surface area contributed by atoms with Gasteiger partial charge in [-0.15, -0.1) is 0 Å². The van der Waals surface area contributed by atoms with Gasteiger partial charge in [0, 0.05) is 63.2 Å². The summed E-state index contributed by atoms with van der Waals surface area (Å²) in [4.78, 5) is 37.5. The van der Waals surface area contributed by atoms with Gasteiger partial charge < -0.3 is 19.3 Å². The Morgan fingerprint density at radius 1 is 0.872 bits per heavy atom. The number of benzene rings is 2. The maximum Gasteiger partial charge on any atom is 0.302 e. The molecule has 1 N–H and O–H groups in total. The highest BCUT2D eigenvalue weighted by Gasteiger charge is 2.31. The van der Waals surface area contributed by atoms with Gasteiger partial charge in [0.2, 0.25) is 0 Å². The molecule has 212 valence electrons. The molecule has 0 bridgehead atoms. The van der Waals surface area contributed by atoms with Gasteiger partial charge in [0.05, 0.1) is 6.10 Å². The highest BCUT2D eigenvalue weighted by molar-refractivity contribution is 5.99. The van der Waals surface area contributed by atoms with Crippen LogP contribution < -0.4 is 0 Å². The summed E-state index contributed by atoms with van der Waals surface area (Å²) >= 11 is 0. The van der Waals surface area contributed by atoms with E-state index in [0.717, 1.165) is 41.7 Å². The number of unbranched alkanes of at least 4 members (excludes halogenated alkanes) is 1. The Bertz CT molecular complexity index is 1120. The second kappa shape index (κ2) is 15.7. The smallest absolute Gasteiger partial charge is 0.302 e. The molecule has 2 aromatic carbocycles. The molecule has 0 radical (unpaired) electrons. The van der Waals surface area contributed by atoms with Gasteiger partial charge in [-0.05, 0) is 67.0 Å². The largest absolute Gasteiger partial charge is 0.465 e. The van der Waals surface area contributed by atoms with Crippen LogP contribution in [0.5, 0.6) is 0 Å². The molecule has 2 unspecified atom stereocenters. The number of hydrogen-bond donors (Lipinski definition) is 1. The van der Waals surface area contributed by atoms with Crippen LogP contribution in [0.1, 0.15) is 103 Å². The van der Waals surface area contributed by atoms with Crippen molar-refractivity contribution in [3.05, 3.63) is 58.7 Å². The summed E-state index contributed by atoms with van der Waals surface area (Å²) in [5.74, 6) is -0.539. The number of aliphatic hydroxyl groups excluding tert-OH is 1. The molecule has 0 spiro atoms. The van der Waals surface area contributed by atoms with Crippen LogP contribution in [0.4, 0.5) is 0 Å². The second-order valence-corrected chi connectivity index (χ2v) is 10.2.